The molecule has 3 amide bonds. The van der Waals surface area contributed by atoms with Crippen LogP contribution in [0.5, 0.6) is 0 Å². The number of benzene rings is 3. The molecule has 55 heavy (non-hydrogen) atoms. The van der Waals surface area contributed by atoms with Crippen LogP contribution in [0.2, 0.25) is 0 Å². The van der Waals surface area contributed by atoms with Crippen LogP contribution in [0.4, 0.5) is 5.69 Å². The summed E-state index contributed by atoms with van der Waals surface area (Å²) >= 11 is 0. The molecule has 1 unspecified atom stereocenters. The van der Waals surface area contributed by atoms with Crippen molar-refractivity contribution < 1.29 is 29.0 Å². The molecule has 3 aromatic rings. The fraction of sp³-hybridized carbons (Fsp3) is 0.511. The van der Waals surface area contributed by atoms with Crippen molar-refractivity contribution in [1.29, 1.82) is 0 Å². The van der Waals surface area contributed by atoms with Crippen molar-refractivity contribution in [2.45, 2.75) is 130 Å². The van der Waals surface area contributed by atoms with Crippen LogP contribution >= 0.6 is 0 Å². The van der Waals surface area contributed by atoms with Crippen LogP contribution in [-0.2, 0) is 25.7 Å². The maximum absolute atomic E-state index is 14.1. The second kappa shape index (κ2) is 22.0. The van der Waals surface area contributed by atoms with E-state index >= 15 is 0 Å². The van der Waals surface area contributed by atoms with Crippen LogP contribution in [0.3, 0.4) is 0 Å². The lowest BCUT2D eigenvalue weighted by Gasteiger charge is -2.31. The molecule has 10 heteroatoms. The molecule has 3 aromatic carbocycles. The highest BCUT2D eigenvalue weighted by Gasteiger charge is 2.30. The second-order valence-corrected chi connectivity index (χ2v) is 15.3. The highest BCUT2D eigenvalue weighted by atomic mass is 16.5. The van der Waals surface area contributed by atoms with Crippen LogP contribution in [0, 0.1) is 11.8 Å². The minimum absolute atomic E-state index is 0.105. The van der Waals surface area contributed by atoms with Gasteiger partial charge in [0, 0.05) is 17.5 Å². The fourth-order valence-electron chi connectivity index (χ4n) is 7.09. The molecule has 0 bridgehead atoms. The Balaban J connectivity index is 1.52. The molecule has 0 heterocycles. The zero-order valence-corrected chi connectivity index (χ0v) is 33.4. The van der Waals surface area contributed by atoms with Crippen molar-refractivity contribution in [2.24, 2.45) is 11.8 Å². The highest BCUT2D eigenvalue weighted by Crippen LogP contribution is 2.30. The zero-order valence-electron chi connectivity index (χ0n) is 33.4. The number of unbranched alkanes of at least 4 members (excludes halogenated alkanes) is 1. The first-order valence-corrected chi connectivity index (χ1v) is 20.3. The number of esters is 1. The van der Waals surface area contributed by atoms with Crippen LogP contribution < -0.4 is 21.3 Å². The molecule has 0 radical (unpaired) electrons. The lowest BCUT2D eigenvalue weighted by molar-refractivity contribution is -0.130. The van der Waals surface area contributed by atoms with Gasteiger partial charge >= 0.3 is 5.97 Å². The van der Waals surface area contributed by atoms with Gasteiger partial charge in [-0.1, -0.05) is 133 Å². The summed E-state index contributed by atoms with van der Waals surface area (Å²) in [6.07, 6.45) is 8.88. The second-order valence-electron chi connectivity index (χ2n) is 15.3. The van der Waals surface area contributed by atoms with Crippen LogP contribution in [0.1, 0.15) is 115 Å². The van der Waals surface area contributed by atoms with E-state index in [9.17, 15) is 24.3 Å². The molecule has 5 N–H and O–H groups in total. The number of ether oxygens (including phenoxy) is 1. The zero-order chi connectivity index (χ0) is 39.7. The summed E-state index contributed by atoms with van der Waals surface area (Å²) in [6, 6.07) is 18.3. The van der Waals surface area contributed by atoms with Crippen LogP contribution in [0.15, 0.2) is 78.4 Å². The van der Waals surface area contributed by atoms with E-state index in [1.807, 2.05) is 88.4 Å². The van der Waals surface area contributed by atoms with Crippen molar-refractivity contribution >= 4 is 40.2 Å². The average Bonchev–Trinajstić information content (AvgIpc) is 3.19. The fourth-order valence-corrected chi connectivity index (χ4v) is 7.09. The number of aliphatic hydroxyl groups excluding tert-OH is 1. The van der Waals surface area contributed by atoms with Gasteiger partial charge in [-0.05, 0) is 61.1 Å². The van der Waals surface area contributed by atoms with E-state index < -0.39 is 36.1 Å². The van der Waals surface area contributed by atoms with Crippen molar-refractivity contribution in [3.05, 3.63) is 89.5 Å². The van der Waals surface area contributed by atoms with Gasteiger partial charge < -0.3 is 31.1 Å². The van der Waals surface area contributed by atoms with Gasteiger partial charge in [0.2, 0.25) is 17.7 Å². The first kappa shape index (κ1) is 43.0. The summed E-state index contributed by atoms with van der Waals surface area (Å²) in [4.78, 5) is 54.4. The molecule has 0 aromatic heterocycles. The van der Waals surface area contributed by atoms with E-state index in [1.54, 1.807) is 19.1 Å². The largest absolute Gasteiger partial charge is 0.457 e. The van der Waals surface area contributed by atoms with Gasteiger partial charge in [-0.2, -0.15) is 0 Å². The summed E-state index contributed by atoms with van der Waals surface area (Å²) in [7, 11) is 0. The van der Waals surface area contributed by atoms with Crippen molar-refractivity contribution in [2.75, 3.05) is 11.9 Å². The van der Waals surface area contributed by atoms with E-state index in [4.69, 9.17) is 4.74 Å². The number of anilines is 1. The predicted molar refractivity (Wildman–Crippen MR) is 219 cm³/mol. The van der Waals surface area contributed by atoms with Gasteiger partial charge in [-0.15, -0.1) is 0 Å². The Morgan fingerprint density at radius 1 is 0.873 bits per heavy atom. The molecule has 10 nitrogen and oxygen atoms in total. The highest BCUT2D eigenvalue weighted by molar-refractivity contribution is 6.07. The van der Waals surface area contributed by atoms with E-state index in [-0.39, 0.29) is 24.3 Å². The normalized spacial score (nSPS) is 15.8. The Kier molecular flexibility index (Phi) is 17.2. The molecule has 0 saturated heterocycles. The summed E-state index contributed by atoms with van der Waals surface area (Å²) in [5.41, 5.74) is 2.10. The number of carbonyl (C=O) groups excluding carboxylic acids is 4. The molecule has 0 spiro atoms. The minimum atomic E-state index is -1.08. The van der Waals surface area contributed by atoms with Gasteiger partial charge in [-0.3, -0.25) is 14.4 Å². The third-order valence-corrected chi connectivity index (χ3v) is 10.4. The Morgan fingerprint density at radius 3 is 2.27 bits per heavy atom. The van der Waals surface area contributed by atoms with Crippen LogP contribution in [-0.4, -0.2) is 59.6 Å². The lowest BCUT2D eigenvalue weighted by Crippen LogP contribution is -2.54. The molecule has 1 aliphatic rings. The molecule has 1 aliphatic carbocycles. The summed E-state index contributed by atoms with van der Waals surface area (Å²) in [5.74, 6) is -0.901. The Labute approximate surface area is 327 Å². The minimum Gasteiger partial charge on any atom is -0.457 e. The molecule has 298 valence electrons. The smallest absolute Gasteiger partial charge is 0.340 e. The van der Waals surface area contributed by atoms with E-state index in [1.165, 1.54) is 6.42 Å². The number of amides is 3. The number of hydrogen-bond acceptors (Lipinski definition) is 7. The van der Waals surface area contributed by atoms with Crippen LogP contribution in [0.25, 0.3) is 10.8 Å². The van der Waals surface area contributed by atoms with Crippen molar-refractivity contribution in [3.63, 3.8) is 0 Å². The molecule has 4 atom stereocenters. The number of nitrogens with one attached hydrogen (secondary N) is 4. The van der Waals surface area contributed by atoms with Crippen molar-refractivity contribution in [3.8, 4) is 0 Å². The number of fused-ring (bicyclic) bond motifs is 1. The first-order valence-electron chi connectivity index (χ1n) is 20.3. The quantitative estimate of drug-likeness (QED) is 0.0590. The molecular weight excluding hydrogens is 693 g/mol. The molecular formula is C45H62N4O6. The van der Waals surface area contributed by atoms with E-state index in [0.717, 1.165) is 48.4 Å². The Hall–Kier alpha value is -4.70. The van der Waals surface area contributed by atoms with Gasteiger partial charge in [0.15, 0.2) is 0 Å². The maximum Gasteiger partial charge on any atom is 0.340 e. The number of rotatable bonds is 20. The molecule has 4 rings (SSSR count). The monoisotopic (exact) mass is 754 g/mol. The molecule has 1 saturated carbocycles. The Morgan fingerprint density at radius 2 is 1.58 bits per heavy atom. The van der Waals surface area contributed by atoms with Gasteiger partial charge in [0.05, 0.1) is 23.4 Å². The van der Waals surface area contributed by atoms with Gasteiger partial charge in [-0.25, -0.2) is 4.79 Å². The number of aliphatic hydroxyl groups is 1. The predicted octanol–water partition coefficient (Wildman–Crippen LogP) is 7.60. The summed E-state index contributed by atoms with van der Waals surface area (Å²) in [5, 5.41) is 25.5. The number of hydrogen-bond donors (Lipinski definition) is 5. The summed E-state index contributed by atoms with van der Waals surface area (Å²) < 4.78 is 5.68. The summed E-state index contributed by atoms with van der Waals surface area (Å²) in [6.45, 7) is 10.3. The van der Waals surface area contributed by atoms with Crippen molar-refractivity contribution in [1.82, 2.24) is 16.0 Å². The SMILES string of the molecule is CCCC[C@H](NC(=O)C(C)Nc1c(C(=O)OCc2ccccc2)ccc2ccccc12)C(=O)N[C@@H](CC1CCCCC1)[C@@H](O)/C=C(\CC)C(=O)NCC(C)C. The third-order valence-electron chi connectivity index (χ3n) is 10.4. The van der Waals surface area contributed by atoms with Gasteiger partial charge in [0.1, 0.15) is 18.7 Å². The van der Waals surface area contributed by atoms with E-state index in [2.05, 4.69) is 21.3 Å². The average molecular weight is 755 g/mol. The molecule has 1 fully saturated rings. The molecule has 0 aliphatic heterocycles. The lowest BCUT2D eigenvalue weighted by atomic mass is 9.83. The standard InChI is InChI=1S/C45H62N4O6/c1-6-8-23-38(44(53)49-39(26-32-17-11-9-12-18-32)40(50)27-34(7-2)43(52)46-28-30(3)4)48-42(51)31(5)47-41-36-22-16-15-21-35(36)24-25-37(41)45(54)55-29-33-19-13-10-14-20-33/h10,13-16,19-22,24-25,27,30-32,38-40,47,50H,6-9,11-12,17-18,23,26,28-29H2,1-5H3,(H,46,52)(H,48,51)(H,49,53)/b34-27+/t31?,38-,39-,40-/m0/s1. The first-order chi connectivity index (χ1) is 26.5. The maximum atomic E-state index is 14.1. The Bertz CT molecular complexity index is 1740. The van der Waals surface area contributed by atoms with E-state index in [0.29, 0.717) is 55.0 Å². The number of carbonyl (C=O) groups is 4. The third kappa shape index (κ3) is 13.2. The topological polar surface area (TPSA) is 146 Å². The van der Waals surface area contributed by atoms with Gasteiger partial charge in [0.25, 0.3) is 0 Å².